The molecule has 8 nitrogen and oxygen atoms in total. The van der Waals surface area contributed by atoms with Crippen LogP contribution >= 0.6 is 0 Å². The van der Waals surface area contributed by atoms with E-state index in [0.29, 0.717) is 22.5 Å². The zero-order valence-electron chi connectivity index (χ0n) is 16.3. The first-order valence-corrected chi connectivity index (χ1v) is 8.78. The summed E-state index contributed by atoms with van der Waals surface area (Å²) in [7, 11) is 1.27. The Kier molecular flexibility index (Phi) is 6.94. The van der Waals surface area contributed by atoms with Gasteiger partial charge >= 0.3 is 11.9 Å². The summed E-state index contributed by atoms with van der Waals surface area (Å²) >= 11 is 0. The van der Waals surface area contributed by atoms with E-state index in [0.717, 1.165) is 0 Å². The SMILES string of the molecule is COC(=O)c1c(C)[nH]c(C(=O)[C@H](C)OC(=O)c2ccccc2NCCO)c1C. The number of hydrogen-bond acceptors (Lipinski definition) is 7. The lowest BCUT2D eigenvalue weighted by Crippen LogP contribution is -2.26. The van der Waals surface area contributed by atoms with Crippen LogP contribution in [0.4, 0.5) is 5.69 Å². The summed E-state index contributed by atoms with van der Waals surface area (Å²) in [4.78, 5) is 40.0. The average molecular weight is 388 g/mol. The van der Waals surface area contributed by atoms with Gasteiger partial charge in [0.15, 0.2) is 6.10 Å². The number of benzene rings is 1. The van der Waals surface area contributed by atoms with Crippen LogP contribution in [-0.4, -0.2) is 54.2 Å². The van der Waals surface area contributed by atoms with E-state index < -0.39 is 23.8 Å². The van der Waals surface area contributed by atoms with Gasteiger partial charge in [0, 0.05) is 17.9 Å². The quantitative estimate of drug-likeness (QED) is 0.469. The Balaban J connectivity index is 2.20. The molecule has 0 saturated carbocycles. The van der Waals surface area contributed by atoms with Crippen molar-refractivity contribution in [3.63, 3.8) is 0 Å². The van der Waals surface area contributed by atoms with Crippen molar-refractivity contribution < 1.29 is 29.0 Å². The summed E-state index contributed by atoms with van der Waals surface area (Å²) in [6.45, 7) is 4.95. The Morgan fingerprint density at radius 3 is 2.50 bits per heavy atom. The van der Waals surface area contributed by atoms with Crippen LogP contribution in [0.1, 0.15) is 49.4 Å². The zero-order valence-corrected chi connectivity index (χ0v) is 16.3. The van der Waals surface area contributed by atoms with E-state index in [-0.39, 0.29) is 24.4 Å². The lowest BCUT2D eigenvalue weighted by Gasteiger charge is -2.15. The molecule has 28 heavy (non-hydrogen) atoms. The maximum Gasteiger partial charge on any atom is 0.340 e. The molecule has 0 amide bonds. The number of ether oxygens (including phenoxy) is 2. The number of carbonyl (C=O) groups excluding carboxylic acids is 3. The van der Waals surface area contributed by atoms with Gasteiger partial charge in [0.05, 0.1) is 30.5 Å². The van der Waals surface area contributed by atoms with Gasteiger partial charge in [-0.3, -0.25) is 4.79 Å². The predicted octanol–water partition coefficient (Wildman–Crippen LogP) is 2.25. The number of nitrogens with one attached hydrogen (secondary N) is 2. The van der Waals surface area contributed by atoms with Crippen molar-refractivity contribution in [1.82, 2.24) is 4.98 Å². The number of methoxy groups -OCH3 is 1. The van der Waals surface area contributed by atoms with E-state index in [2.05, 4.69) is 10.3 Å². The van der Waals surface area contributed by atoms with Crippen molar-refractivity contribution in [2.75, 3.05) is 25.6 Å². The lowest BCUT2D eigenvalue weighted by molar-refractivity contribution is 0.0317. The van der Waals surface area contributed by atoms with E-state index >= 15 is 0 Å². The molecule has 150 valence electrons. The molecule has 0 aliphatic heterocycles. The van der Waals surface area contributed by atoms with E-state index in [1.807, 2.05) is 0 Å². The molecule has 2 rings (SSSR count). The van der Waals surface area contributed by atoms with E-state index in [1.54, 1.807) is 38.1 Å². The number of ketones is 1. The number of aliphatic hydroxyl groups is 1. The number of hydrogen-bond donors (Lipinski definition) is 3. The van der Waals surface area contributed by atoms with Gasteiger partial charge < -0.3 is 24.9 Å². The van der Waals surface area contributed by atoms with Crippen molar-refractivity contribution in [1.29, 1.82) is 0 Å². The van der Waals surface area contributed by atoms with Crippen molar-refractivity contribution in [3.8, 4) is 0 Å². The van der Waals surface area contributed by atoms with Gasteiger partial charge in [0.2, 0.25) is 5.78 Å². The molecule has 2 aromatic rings. The normalized spacial score (nSPS) is 11.6. The van der Waals surface area contributed by atoms with Crippen molar-refractivity contribution in [2.45, 2.75) is 26.9 Å². The Morgan fingerprint density at radius 2 is 1.86 bits per heavy atom. The maximum atomic E-state index is 12.8. The molecule has 1 atom stereocenters. The van der Waals surface area contributed by atoms with Crippen LogP contribution in [0.15, 0.2) is 24.3 Å². The number of rotatable bonds is 8. The van der Waals surface area contributed by atoms with Crippen LogP contribution < -0.4 is 5.32 Å². The molecule has 0 spiro atoms. The van der Waals surface area contributed by atoms with Gasteiger partial charge in [0.25, 0.3) is 0 Å². The second kappa shape index (κ2) is 9.18. The second-order valence-corrected chi connectivity index (χ2v) is 6.22. The largest absolute Gasteiger partial charge is 0.465 e. The highest BCUT2D eigenvalue weighted by Gasteiger charge is 2.28. The second-order valence-electron chi connectivity index (χ2n) is 6.22. The number of esters is 2. The van der Waals surface area contributed by atoms with Crippen molar-refractivity contribution >= 4 is 23.4 Å². The third-order valence-electron chi connectivity index (χ3n) is 4.30. The standard InChI is InChI=1S/C20H24N2O6/c1-11-16(20(26)27-4)12(2)22-17(11)18(24)13(3)28-19(25)14-7-5-6-8-15(14)21-9-10-23/h5-8,13,21-23H,9-10H2,1-4H3/t13-/m0/s1. The number of Topliss-reactive ketones (excluding diaryl/α,β-unsaturated/α-hetero) is 1. The Labute approximate surface area is 162 Å². The summed E-state index contributed by atoms with van der Waals surface area (Å²) in [6.07, 6.45) is -1.07. The number of aliphatic hydroxyl groups excluding tert-OH is 1. The molecular formula is C20H24N2O6. The molecule has 1 heterocycles. The lowest BCUT2D eigenvalue weighted by atomic mass is 10.1. The molecule has 0 unspecified atom stereocenters. The molecule has 0 radical (unpaired) electrons. The summed E-state index contributed by atoms with van der Waals surface area (Å²) in [5.41, 5.74) is 2.20. The van der Waals surface area contributed by atoms with Crippen LogP contribution in [0.5, 0.6) is 0 Å². The zero-order chi connectivity index (χ0) is 20.8. The highest BCUT2D eigenvalue weighted by molar-refractivity contribution is 6.05. The fourth-order valence-corrected chi connectivity index (χ4v) is 2.89. The van der Waals surface area contributed by atoms with Crippen LogP contribution in [0, 0.1) is 13.8 Å². The molecule has 3 N–H and O–H groups in total. The monoisotopic (exact) mass is 388 g/mol. The van der Waals surface area contributed by atoms with Gasteiger partial charge in [0.1, 0.15) is 0 Å². The number of para-hydroxylation sites is 1. The smallest absolute Gasteiger partial charge is 0.340 e. The van der Waals surface area contributed by atoms with Gasteiger partial charge in [-0.25, -0.2) is 9.59 Å². The number of anilines is 1. The topological polar surface area (TPSA) is 118 Å². The minimum absolute atomic E-state index is 0.0910. The summed E-state index contributed by atoms with van der Waals surface area (Å²) in [5, 5.41) is 11.9. The first kappa shape index (κ1) is 21.2. The molecule has 1 aromatic heterocycles. The fourth-order valence-electron chi connectivity index (χ4n) is 2.89. The average Bonchev–Trinajstić information content (AvgIpc) is 2.99. The Bertz CT molecular complexity index is 887. The van der Waals surface area contributed by atoms with Crippen LogP contribution in [0.3, 0.4) is 0 Å². The minimum atomic E-state index is -1.07. The van der Waals surface area contributed by atoms with Crippen LogP contribution in [0.25, 0.3) is 0 Å². The third kappa shape index (κ3) is 4.40. The molecule has 8 heteroatoms. The minimum Gasteiger partial charge on any atom is -0.465 e. The molecular weight excluding hydrogens is 364 g/mol. The summed E-state index contributed by atoms with van der Waals surface area (Å²) < 4.78 is 10.1. The first-order chi connectivity index (χ1) is 13.3. The van der Waals surface area contributed by atoms with E-state index in [9.17, 15) is 14.4 Å². The van der Waals surface area contributed by atoms with Crippen molar-refractivity contribution in [3.05, 3.63) is 52.3 Å². The van der Waals surface area contributed by atoms with Crippen LogP contribution in [-0.2, 0) is 9.47 Å². The third-order valence-corrected chi connectivity index (χ3v) is 4.30. The summed E-state index contributed by atoms with van der Waals surface area (Å²) in [5.74, 6) is -1.67. The number of aryl methyl sites for hydroxylation is 1. The summed E-state index contributed by atoms with van der Waals surface area (Å²) in [6, 6.07) is 6.66. The van der Waals surface area contributed by atoms with Gasteiger partial charge in [-0.15, -0.1) is 0 Å². The fraction of sp³-hybridized carbons (Fsp3) is 0.350. The first-order valence-electron chi connectivity index (χ1n) is 8.78. The molecule has 0 aliphatic rings. The molecule has 0 saturated heterocycles. The number of H-pyrrole nitrogens is 1. The Morgan fingerprint density at radius 1 is 1.18 bits per heavy atom. The molecule has 0 fully saturated rings. The van der Waals surface area contributed by atoms with Crippen molar-refractivity contribution in [2.24, 2.45) is 0 Å². The highest BCUT2D eigenvalue weighted by Crippen LogP contribution is 2.22. The van der Waals surface area contributed by atoms with E-state index in [4.69, 9.17) is 14.6 Å². The molecule has 0 aliphatic carbocycles. The Hall–Kier alpha value is -3.13. The molecule has 0 bridgehead atoms. The maximum absolute atomic E-state index is 12.8. The van der Waals surface area contributed by atoms with Gasteiger partial charge in [-0.1, -0.05) is 12.1 Å². The van der Waals surface area contributed by atoms with E-state index in [1.165, 1.54) is 14.0 Å². The van der Waals surface area contributed by atoms with Crippen LogP contribution in [0.2, 0.25) is 0 Å². The van der Waals surface area contributed by atoms with Gasteiger partial charge in [-0.05, 0) is 38.5 Å². The van der Waals surface area contributed by atoms with Gasteiger partial charge in [-0.2, -0.15) is 0 Å². The number of aromatic nitrogens is 1. The highest BCUT2D eigenvalue weighted by atomic mass is 16.5. The number of carbonyl (C=O) groups is 3. The number of aromatic amines is 1. The predicted molar refractivity (Wildman–Crippen MR) is 103 cm³/mol. The molecule has 1 aromatic carbocycles.